The van der Waals surface area contributed by atoms with Crippen LogP contribution in [0.5, 0.6) is 5.75 Å². The first-order valence-electron chi connectivity index (χ1n) is 29.0. The minimum Gasteiger partial charge on any atom is -0.497 e. The van der Waals surface area contributed by atoms with Gasteiger partial charge in [-0.05, 0) is 101 Å². The van der Waals surface area contributed by atoms with E-state index in [0.717, 1.165) is 16.0 Å². The number of nitrogens with zero attached hydrogens (tertiary/aromatic N) is 2. The summed E-state index contributed by atoms with van der Waals surface area (Å²) < 4.78 is 34.9. The van der Waals surface area contributed by atoms with Gasteiger partial charge in [0, 0.05) is 63.5 Å². The fraction of sp³-hybridized carbons (Fsp3) is 0.565. The number of alkyl halides is 1. The quantitative estimate of drug-likeness (QED) is 0.0164. The van der Waals surface area contributed by atoms with E-state index in [-0.39, 0.29) is 73.2 Å². The van der Waals surface area contributed by atoms with Gasteiger partial charge in [0.15, 0.2) is 0 Å². The van der Waals surface area contributed by atoms with Gasteiger partial charge in [0.25, 0.3) is 5.91 Å². The van der Waals surface area contributed by atoms with Gasteiger partial charge in [-0.15, -0.1) is 0 Å². The SMILES string of the molecule is C=C(CBr)C(=O)OCCCCCC(=O)N[C@H](C(=O)N[C@@H](CCCNC(N)=O)C(=O)Nc1cc(OC)ccc1C(=O)N(C)[C@@H](C)C(=O)O[C@H]1CC(=O)N(C)c2cc(cc(C)c2Cl)C/C(C)=C/C=C/[C@@H](OC)[C@]2(O)CC(=O)O[C@@H](C2)[C@@H](C)[C@@H]2O[C@@]12C)C(C)C. The van der Waals surface area contributed by atoms with Crippen LogP contribution in [0.15, 0.2) is 66.3 Å². The maximum Gasteiger partial charge on any atom is 0.334 e. The van der Waals surface area contributed by atoms with E-state index in [0.29, 0.717) is 42.0 Å². The Morgan fingerprint density at radius 2 is 1.72 bits per heavy atom. The molecule has 10 atom stereocenters. The molecule has 2 fully saturated rings. The van der Waals surface area contributed by atoms with Crippen molar-refractivity contribution in [2.45, 2.75) is 166 Å². The molecule has 5 rings (SSSR count). The standard InChI is InChI=1S/C62H85BrClN7O16/c1-34(2)53(69-49(72)21-14-13-15-25-84-58(78)37(5)33-63)56(76)67-43(19-17-24-66-60(65)80)55(75)68-44-29-41(82-11)22-23-42(44)57(77)70(9)39(7)59(79)86-48-30-50(73)71(10)45-28-40(27-36(4)52(45)64)26-35(3)18-16-20-47(83-12)62(81)31-46(85-51(74)32-62)38(6)54-61(48,8)87-54/h16,18,20,22-23,27-29,34,38-39,43,46-48,53-54,81H,5,13-15,17,19,21,24-26,30-33H2,1-4,6-12H3,(H,67,76)(H,68,75)(H,69,72)(H3,65,66,80)/b20-16+,35-18+/t38-,39+,43+,46+,47-,48+,53+,54+,61+,62-/m1/s1. The number of allylic oxidation sites excluding steroid dienone is 3. The summed E-state index contributed by atoms with van der Waals surface area (Å²) in [5.74, 6) is -6.10. The van der Waals surface area contributed by atoms with Gasteiger partial charge in [0.05, 0.1) is 54.6 Å². The molecule has 0 saturated carbocycles. The fourth-order valence-corrected chi connectivity index (χ4v) is 11.0. The van der Waals surface area contributed by atoms with Crippen LogP contribution in [0, 0.1) is 18.8 Å². The molecule has 0 aromatic heterocycles. The van der Waals surface area contributed by atoms with E-state index in [1.807, 2.05) is 32.1 Å². The van der Waals surface area contributed by atoms with Gasteiger partial charge in [0.2, 0.25) is 23.6 Å². The second kappa shape index (κ2) is 31.9. The Labute approximate surface area is 522 Å². The van der Waals surface area contributed by atoms with Gasteiger partial charge in [-0.3, -0.25) is 28.8 Å². The van der Waals surface area contributed by atoms with Gasteiger partial charge in [-0.25, -0.2) is 14.4 Å². The van der Waals surface area contributed by atoms with E-state index in [4.69, 9.17) is 45.8 Å². The first-order chi connectivity index (χ1) is 41.0. The number of nitrogens with two attached hydrogens (primary N) is 1. The topological polar surface area (TPSA) is 313 Å². The van der Waals surface area contributed by atoms with E-state index in [9.17, 15) is 48.3 Å². The van der Waals surface area contributed by atoms with Crippen LogP contribution in [0.3, 0.4) is 0 Å². The highest BCUT2D eigenvalue weighted by Gasteiger charge is 2.64. The number of hydrogen-bond donors (Lipinski definition) is 6. The van der Waals surface area contributed by atoms with Crippen molar-refractivity contribution < 1.29 is 76.7 Å². The Morgan fingerprint density at radius 3 is 2.38 bits per heavy atom. The molecule has 2 aromatic carbocycles. The van der Waals surface area contributed by atoms with Gasteiger partial charge in [0.1, 0.15) is 53.4 Å². The molecule has 0 spiro atoms. The lowest BCUT2D eigenvalue weighted by atomic mass is 9.78. The molecule has 2 saturated heterocycles. The Hall–Kier alpha value is -6.86. The predicted molar refractivity (Wildman–Crippen MR) is 329 cm³/mol. The zero-order valence-corrected chi connectivity index (χ0v) is 53.9. The van der Waals surface area contributed by atoms with Crippen LogP contribution in [0.1, 0.15) is 121 Å². The summed E-state index contributed by atoms with van der Waals surface area (Å²) in [4.78, 5) is 125. The molecule has 7 amide bonds. The third-order valence-electron chi connectivity index (χ3n) is 16.0. The first-order valence-corrected chi connectivity index (χ1v) is 30.5. The molecule has 0 radical (unpaired) electrons. The number of likely N-dealkylation sites (N-methyl/N-ethyl adjacent to an activating group) is 1. The Bertz CT molecular complexity index is 2960. The van der Waals surface area contributed by atoms with E-state index < -0.39 is 125 Å². The molecular weight excluding hydrogens is 1210 g/mol. The number of fused-ring (bicyclic) bond motifs is 5. The molecule has 3 aliphatic heterocycles. The number of carbonyl (C=O) groups is 9. The van der Waals surface area contributed by atoms with Gasteiger partial charge < -0.3 is 70.3 Å². The maximum absolute atomic E-state index is 14.7. The van der Waals surface area contributed by atoms with Crippen molar-refractivity contribution in [2.75, 3.05) is 57.0 Å². The number of primary amides is 1. The number of aryl methyl sites for hydroxylation is 1. The summed E-state index contributed by atoms with van der Waals surface area (Å²) >= 11 is 10.0. The summed E-state index contributed by atoms with van der Waals surface area (Å²) in [7, 11) is 5.72. The molecule has 7 N–H and O–H groups in total. The van der Waals surface area contributed by atoms with Crippen molar-refractivity contribution in [3.05, 3.63) is 88.0 Å². The number of anilines is 2. The summed E-state index contributed by atoms with van der Waals surface area (Å²) in [6.07, 6.45) is 2.77. The van der Waals surface area contributed by atoms with Crippen molar-refractivity contribution in [2.24, 2.45) is 17.6 Å². The largest absolute Gasteiger partial charge is 0.497 e. The third-order valence-corrected chi connectivity index (χ3v) is 17.2. The maximum atomic E-state index is 14.7. The Kier molecular flexibility index (Phi) is 26.0. The number of amides is 7. The van der Waals surface area contributed by atoms with Crippen molar-refractivity contribution >= 4 is 92.4 Å². The van der Waals surface area contributed by atoms with Gasteiger partial charge >= 0.3 is 23.9 Å². The molecule has 478 valence electrons. The zero-order chi connectivity index (χ0) is 64.7. The monoisotopic (exact) mass is 1300 g/mol. The smallest absolute Gasteiger partial charge is 0.334 e. The van der Waals surface area contributed by atoms with Gasteiger partial charge in [-0.2, -0.15) is 0 Å². The molecule has 3 heterocycles. The molecule has 3 aliphatic rings. The number of methoxy groups -OCH3 is 2. The number of carbonyl (C=O) groups excluding carboxylic acids is 9. The highest BCUT2D eigenvalue weighted by atomic mass is 79.9. The summed E-state index contributed by atoms with van der Waals surface area (Å²) in [5, 5.41) is 23.4. The number of benzene rings is 2. The molecular formula is C62H85BrClN7O16. The van der Waals surface area contributed by atoms with E-state index in [1.54, 1.807) is 46.9 Å². The van der Waals surface area contributed by atoms with E-state index in [2.05, 4.69) is 43.8 Å². The van der Waals surface area contributed by atoms with Crippen LogP contribution in [0.2, 0.25) is 5.02 Å². The Balaban J connectivity index is 1.39. The van der Waals surface area contributed by atoms with Crippen LogP contribution in [-0.2, 0) is 63.7 Å². The number of esters is 3. The summed E-state index contributed by atoms with van der Waals surface area (Å²) in [5.41, 5.74) is 5.25. The molecule has 0 unspecified atom stereocenters. The fourth-order valence-electron chi connectivity index (χ4n) is 10.5. The number of rotatable bonds is 24. The van der Waals surface area contributed by atoms with Crippen molar-refractivity contribution in [3.63, 3.8) is 0 Å². The molecule has 0 aliphatic carbocycles. The molecule has 87 heavy (non-hydrogen) atoms. The van der Waals surface area contributed by atoms with Crippen molar-refractivity contribution in [3.8, 4) is 5.75 Å². The highest BCUT2D eigenvalue weighted by molar-refractivity contribution is 9.09. The number of urea groups is 1. The van der Waals surface area contributed by atoms with E-state index >= 15 is 0 Å². The number of epoxide rings is 1. The lowest BCUT2D eigenvalue weighted by Gasteiger charge is -2.41. The minimum atomic E-state index is -1.67. The Morgan fingerprint density at radius 1 is 1.01 bits per heavy atom. The highest BCUT2D eigenvalue weighted by Crippen LogP contribution is 2.50. The molecule has 25 heteroatoms. The van der Waals surface area contributed by atoms with Crippen molar-refractivity contribution in [1.82, 2.24) is 20.9 Å². The minimum absolute atomic E-state index is 0.0297. The van der Waals surface area contributed by atoms with Crippen LogP contribution in [0.4, 0.5) is 16.2 Å². The summed E-state index contributed by atoms with van der Waals surface area (Å²) in [6.45, 7) is 15.9. The second-order valence-corrected chi connectivity index (χ2v) is 24.1. The van der Waals surface area contributed by atoms with E-state index in [1.165, 1.54) is 51.3 Å². The lowest BCUT2D eigenvalue weighted by Crippen LogP contribution is -2.54. The number of aliphatic hydroxyl groups is 1. The van der Waals surface area contributed by atoms with Crippen LogP contribution in [-0.4, -0.2) is 164 Å². The first kappa shape index (κ1) is 70.9. The second-order valence-electron chi connectivity index (χ2n) is 23.1. The predicted octanol–water partition coefficient (Wildman–Crippen LogP) is 6.45. The van der Waals surface area contributed by atoms with Gasteiger partial charge in [-0.1, -0.05) is 84.7 Å². The lowest BCUT2D eigenvalue weighted by molar-refractivity contribution is -0.187. The van der Waals surface area contributed by atoms with Crippen LogP contribution >= 0.6 is 27.5 Å². The van der Waals surface area contributed by atoms with Crippen LogP contribution in [0.25, 0.3) is 0 Å². The average molecular weight is 1300 g/mol. The zero-order valence-electron chi connectivity index (χ0n) is 51.5. The van der Waals surface area contributed by atoms with Crippen LogP contribution < -0.4 is 36.6 Å². The van der Waals surface area contributed by atoms with Crippen molar-refractivity contribution in [1.29, 1.82) is 0 Å². The summed E-state index contributed by atoms with van der Waals surface area (Å²) in [6, 6.07) is 3.41. The average Bonchev–Trinajstić information content (AvgIpc) is 1.60. The number of hydrogen-bond acceptors (Lipinski definition) is 16. The normalized spacial score (nSPS) is 24.1. The number of ether oxygens (including phenoxy) is 6. The number of unbranched alkanes of at least 4 members (excludes halogenated alkanes) is 2. The molecule has 2 aromatic rings. The third kappa shape index (κ3) is 19.1. The molecule has 4 bridgehead atoms. The number of nitrogens with one attached hydrogen (secondary N) is 4. The molecule has 23 nitrogen and oxygen atoms in total. The number of halogens is 2.